The summed E-state index contributed by atoms with van der Waals surface area (Å²) in [7, 11) is 0. The number of nitrogens with one attached hydrogen (secondary N) is 2. The highest BCUT2D eigenvalue weighted by atomic mass is 35.5. The second-order valence-electron chi connectivity index (χ2n) is 5.87. The van der Waals surface area contributed by atoms with Crippen LogP contribution in [-0.4, -0.2) is 24.5 Å². The van der Waals surface area contributed by atoms with Crippen molar-refractivity contribution in [1.82, 2.24) is 0 Å². The van der Waals surface area contributed by atoms with Crippen LogP contribution < -0.4 is 10.6 Å². The van der Waals surface area contributed by atoms with Gasteiger partial charge < -0.3 is 15.4 Å². The van der Waals surface area contributed by atoms with Crippen LogP contribution in [0.2, 0.25) is 5.02 Å². The van der Waals surface area contributed by atoms with Crippen molar-refractivity contribution < 1.29 is 14.3 Å². The van der Waals surface area contributed by atoms with Gasteiger partial charge in [0, 0.05) is 22.9 Å². The second kappa shape index (κ2) is 9.82. The first-order valence-electron chi connectivity index (χ1n) is 8.61. The highest BCUT2D eigenvalue weighted by Crippen LogP contribution is 2.18. The Morgan fingerprint density at radius 1 is 1.15 bits per heavy atom. The van der Waals surface area contributed by atoms with Crippen LogP contribution in [0, 0.1) is 0 Å². The monoisotopic (exact) mass is 374 g/mol. The molecule has 0 aliphatic heterocycles. The van der Waals surface area contributed by atoms with Gasteiger partial charge in [-0.3, -0.25) is 4.79 Å². The maximum Gasteiger partial charge on any atom is 0.341 e. The topological polar surface area (TPSA) is 67.4 Å². The number of amides is 1. The van der Waals surface area contributed by atoms with Crippen LogP contribution in [0.1, 0.15) is 37.0 Å². The molecule has 138 valence electrons. The van der Waals surface area contributed by atoms with E-state index < -0.39 is 18.0 Å². The summed E-state index contributed by atoms with van der Waals surface area (Å²) >= 11 is 5.90. The number of ether oxygens (including phenoxy) is 1. The van der Waals surface area contributed by atoms with E-state index in [1.807, 2.05) is 12.1 Å². The van der Waals surface area contributed by atoms with Crippen molar-refractivity contribution in [3.05, 3.63) is 59.1 Å². The van der Waals surface area contributed by atoms with Gasteiger partial charge in [-0.1, -0.05) is 43.1 Å². The fraction of sp³-hybridized carbons (Fsp3) is 0.300. The van der Waals surface area contributed by atoms with E-state index in [2.05, 4.69) is 17.6 Å². The molecule has 0 spiro atoms. The SMILES string of the molecule is CCCCNc1ccccc1C(=O)O[C@@H](C)C(=O)Nc1cccc(Cl)c1. The molecule has 0 saturated carbocycles. The summed E-state index contributed by atoms with van der Waals surface area (Å²) in [5.74, 6) is -0.963. The van der Waals surface area contributed by atoms with Crippen molar-refractivity contribution in [3.8, 4) is 0 Å². The third-order valence-electron chi connectivity index (χ3n) is 3.74. The Kier molecular flexibility index (Phi) is 7.48. The van der Waals surface area contributed by atoms with E-state index in [-0.39, 0.29) is 0 Å². The number of rotatable bonds is 8. The van der Waals surface area contributed by atoms with Crippen LogP contribution in [0.15, 0.2) is 48.5 Å². The maximum absolute atomic E-state index is 12.5. The fourth-order valence-electron chi connectivity index (χ4n) is 2.30. The van der Waals surface area contributed by atoms with Gasteiger partial charge >= 0.3 is 5.97 Å². The molecule has 2 aromatic carbocycles. The molecule has 2 aromatic rings. The van der Waals surface area contributed by atoms with E-state index in [1.54, 1.807) is 36.4 Å². The molecule has 0 aromatic heterocycles. The average molecular weight is 375 g/mol. The number of unbranched alkanes of at least 4 members (excludes halogenated alkanes) is 1. The van der Waals surface area contributed by atoms with Crippen molar-refractivity contribution in [2.75, 3.05) is 17.2 Å². The lowest BCUT2D eigenvalue weighted by Gasteiger charge is -2.16. The van der Waals surface area contributed by atoms with E-state index in [4.69, 9.17) is 16.3 Å². The Balaban J connectivity index is 1.99. The molecule has 0 fully saturated rings. The molecule has 0 heterocycles. The zero-order valence-electron chi connectivity index (χ0n) is 14.9. The van der Waals surface area contributed by atoms with E-state index in [9.17, 15) is 9.59 Å². The Labute approximate surface area is 158 Å². The first-order chi connectivity index (χ1) is 12.5. The molecule has 5 nitrogen and oxygen atoms in total. The van der Waals surface area contributed by atoms with Crippen LogP contribution in [0.5, 0.6) is 0 Å². The van der Waals surface area contributed by atoms with Crippen LogP contribution >= 0.6 is 11.6 Å². The van der Waals surface area contributed by atoms with Crippen LogP contribution in [0.25, 0.3) is 0 Å². The minimum absolute atomic E-state index is 0.408. The molecule has 2 N–H and O–H groups in total. The van der Waals surface area contributed by atoms with Gasteiger partial charge in [0.15, 0.2) is 6.10 Å². The summed E-state index contributed by atoms with van der Waals surface area (Å²) in [6.45, 7) is 4.40. The summed E-state index contributed by atoms with van der Waals surface area (Å²) in [5, 5.41) is 6.42. The van der Waals surface area contributed by atoms with Gasteiger partial charge in [-0.25, -0.2) is 4.79 Å². The quantitative estimate of drug-likeness (QED) is 0.517. The highest BCUT2D eigenvalue weighted by molar-refractivity contribution is 6.30. The molecule has 0 unspecified atom stereocenters. The molecule has 1 amide bonds. The maximum atomic E-state index is 12.5. The number of halogens is 1. The van der Waals surface area contributed by atoms with Gasteiger partial charge in [0.2, 0.25) is 0 Å². The molecule has 26 heavy (non-hydrogen) atoms. The number of anilines is 2. The lowest BCUT2D eigenvalue weighted by Crippen LogP contribution is -2.30. The van der Waals surface area contributed by atoms with Gasteiger partial charge in [0.25, 0.3) is 5.91 Å². The third-order valence-corrected chi connectivity index (χ3v) is 3.97. The summed E-state index contributed by atoms with van der Waals surface area (Å²) in [5.41, 5.74) is 1.66. The number of benzene rings is 2. The summed E-state index contributed by atoms with van der Waals surface area (Å²) in [6, 6.07) is 13.9. The van der Waals surface area contributed by atoms with Crippen molar-refractivity contribution in [2.45, 2.75) is 32.8 Å². The molecule has 0 aliphatic rings. The van der Waals surface area contributed by atoms with Gasteiger partial charge in [-0.05, 0) is 43.7 Å². The van der Waals surface area contributed by atoms with Crippen LogP contribution in [0.3, 0.4) is 0 Å². The predicted octanol–water partition coefficient (Wildman–Crippen LogP) is 4.74. The molecule has 1 atom stereocenters. The molecule has 0 bridgehead atoms. The lowest BCUT2D eigenvalue weighted by molar-refractivity contribution is -0.123. The predicted molar refractivity (Wildman–Crippen MR) is 105 cm³/mol. The lowest BCUT2D eigenvalue weighted by atomic mass is 10.1. The second-order valence-corrected chi connectivity index (χ2v) is 6.31. The Bertz CT molecular complexity index is 764. The zero-order valence-corrected chi connectivity index (χ0v) is 15.7. The Morgan fingerprint density at radius 3 is 2.65 bits per heavy atom. The third kappa shape index (κ3) is 5.77. The van der Waals surface area contributed by atoms with E-state index in [0.29, 0.717) is 22.0 Å². The average Bonchev–Trinajstić information content (AvgIpc) is 2.62. The molecule has 6 heteroatoms. The zero-order chi connectivity index (χ0) is 18.9. The van der Waals surface area contributed by atoms with E-state index in [1.165, 1.54) is 6.92 Å². The molecule has 0 aliphatic carbocycles. The van der Waals surface area contributed by atoms with Crippen molar-refractivity contribution >= 4 is 34.9 Å². The number of carbonyl (C=O) groups is 2. The first-order valence-corrected chi connectivity index (χ1v) is 8.99. The normalized spacial score (nSPS) is 11.5. The Morgan fingerprint density at radius 2 is 1.92 bits per heavy atom. The number of hydrogen-bond donors (Lipinski definition) is 2. The summed E-state index contributed by atoms with van der Waals surface area (Å²) < 4.78 is 5.32. The first kappa shape index (κ1) is 19.8. The van der Waals surface area contributed by atoms with E-state index in [0.717, 1.165) is 19.4 Å². The van der Waals surface area contributed by atoms with E-state index >= 15 is 0 Å². The fourth-order valence-corrected chi connectivity index (χ4v) is 2.49. The molecule has 0 radical (unpaired) electrons. The van der Waals surface area contributed by atoms with Crippen LogP contribution in [0.4, 0.5) is 11.4 Å². The van der Waals surface area contributed by atoms with Crippen molar-refractivity contribution in [1.29, 1.82) is 0 Å². The Hall–Kier alpha value is -2.53. The van der Waals surface area contributed by atoms with Crippen LogP contribution in [-0.2, 0) is 9.53 Å². The summed E-state index contributed by atoms with van der Waals surface area (Å²) in [4.78, 5) is 24.7. The minimum Gasteiger partial charge on any atom is -0.449 e. The smallest absolute Gasteiger partial charge is 0.341 e. The van der Waals surface area contributed by atoms with Gasteiger partial charge in [0.05, 0.1) is 5.56 Å². The van der Waals surface area contributed by atoms with Gasteiger partial charge in [-0.2, -0.15) is 0 Å². The van der Waals surface area contributed by atoms with Crippen molar-refractivity contribution in [3.63, 3.8) is 0 Å². The molecule has 0 saturated heterocycles. The number of carbonyl (C=O) groups excluding carboxylic acids is 2. The van der Waals surface area contributed by atoms with Gasteiger partial charge in [-0.15, -0.1) is 0 Å². The van der Waals surface area contributed by atoms with Gasteiger partial charge in [0.1, 0.15) is 0 Å². The largest absolute Gasteiger partial charge is 0.449 e. The summed E-state index contributed by atoms with van der Waals surface area (Å²) in [6.07, 6.45) is 1.12. The standard InChI is InChI=1S/C20H23ClN2O3/c1-3-4-12-22-18-11-6-5-10-17(18)20(25)26-14(2)19(24)23-16-9-7-8-15(21)13-16/h5-11,13-14,22H,3-4,12H2,1-2H3,(H,23,24)/t14-/m0/s1. The number of para-hydroxylation sites is 1. The molecular weight excluding hydrogens is 352 g/mol. The van der Waals surface area contributed by atoms with Crippen molar-refractivity contribution in [2.24, 2.45) is 0 Å². The highest BCUT2D eigenvalue weighted by Gasteiger charge is 2.20. The number of hydrogen-bond acceptors (Lipinski definition) is 4. The molecule has 2 rings (SSSR count). The molecular formula is C20H23ClN2O3. The minimum atomic E-state index is -0.940. The number of esters is 1.